The van der Waals surface area contributed by atoms with Gasteiger partial charge in [-0.1, -0.05) is 29.8 Å². The highest BCUT2D eigenvalue weighted by Gasteiger charge is 2.27. The number of carbonyl (C=O) groups is 2. The van der Waals surface area contributed by atoms with Crippen LogP contribution in [0.25, 0.3) is 0 Å². The fraction of sp³-hybridized carbons (Fsp3) is 0.167. The van der Waals surface area contributed by atoms with Crippen LogP contribution in [0.5, 0.6) is 0 Å². The van der Waals surface area contributed by atoms with Crippen LogP contribution in [0, 0.1) is 13.8 Å². The lowest BCUT2D eigenvalue weighted by molar-refractivity contribution is -0.114. The first-order valence-corrected chi connectivity index (χ1v) is 11.7. The zero-order valence-electron chi connectivity index (χ0n) is 17.9. The Bertz CT molecular complexity index is 1270. The van der Waals surface area contributed by atoms with Crippen LogP contribution in [-0.2, 0) is 14.8 Å². The molecular weight excluding hydrogens is 448 g/mol. The molecule has 0 bridgehead atoms. The van der Waals surface area contributed by atoms with E-state index in [1.54, 1.807) is 36.4 Å². The van der Waals surface area contributed by atoms with E-state index in [0.717, 1.165) is 15.4 Å². The summed E-state index contributed by atoms with van der Waals surface area (Å²) in [5.74, 6) is -0.676. The van der Waals surface area contributed by atoms with E-state index in [1.807, 2.05) is 19.9 Å². The molecule has 6 nitrogen and oxygen atoms in total. The first-order chi connectivity index (χ1) is 15.1. The first-order valence-electron chi connectivity index (χ1n) is 9.84. The van der Waals surface area contributed by atoms with E-state index in [4.69, 9.17) is 11.6 Å². The average molecular weight is 471 g/mol. The van der Waals surface area contributed by atoms with Crippen molar-refractivity contribution >= 4 is 44.7 Å². The van der Waals surface area contributed by atoms with Crippen LogP contribution in [0.15, 0.2) is 71.6 Å². The van der Waals surface area contributed by atoms with Crippen molar-refractivity contribution in [1.29, 1.82) is 0 Å². The summed E-state index contributed by atoms with van der Waals surface area (Å²) in [6.07, 6.45) is 0. The average Bonchev–Trinajstić information content (AvgIpc) is 2.74. The van der Waals surface area contributed by atoms with E-state index in [1.165, 1.54) is 31.2 Å². The number of anilines is 2. The highest BCUT2D eigenvalue weighted by molar-refractivity contribution is 7.92. The Hall–Kier alpha value is -3.16. The Balaban J connectivity index is 1.96. The summed E-state index contributed by atoms with van der Waals surface area (Å²) in [5, 5.41) is 3.08. The molecule has 1 N–H and O–H groups in total. The Morgan fingerprint density at radius 3 is 2.25 bits per heavy atom. The number of rotatable bonds is 7. The predicted molar refractivity (Wildman–Crippen MR) is 127 cm³/mol. The van der Waals surface area contributed by atoms with Crippen LogP contribution in [0.4, 0.5) is 11.4 Å². The second kappa shape index (κ2) is 9.54. The third-order valence-corrected chi connectivity index (χ3v) is 7.06. The molecule has 0 aliphatic carbocycles. The number of amides is 1. The predicted octanol–water partition coefficient (Wildman–Crippen LogP) is 4.99. The Morgan fingerprint density at radius 1 is 0.938 bits per heavy atom. The number of nitrogens with zero attached hydrogens (tertiary/aromatic N) is 1. The zero-order chi connectivity index (χ0) is 23.5. The molecule has 0 aromatic heterocycles. The quantitative estimate of drug-likeness (QED) is 0.493. The second-order valence-electron chi connectivity index (χ2n) is 7.42. The number of halogens is 1. The van der Waals surface area contributed by atoms with Crippen molar-refractivity contribution in [2.24, 2.45) is 0 Å². The van der Waals surface area contributed by atoms with Crippen LogP contribution >= 0.6 is 11.6 Å². The molecule has 8 heteroatoms. The maximum Gasteiger partial charge on any atom is 0.264 e. The van der Waals surface area contributed by atoms with E-state index in [0.29, 0.717) is 22.0 Å². The minimum atomic E-state index is -4.05. The summed E-state index contributed by atoms with van der Waals surface area (Å²) in [5.41, 5.74) is 3.13. The lowest BCUT2D eigenvalue weighted by atomic mass is 10.1. The van der Waals surface area contributed by atoms with Gasteiger partial charge in [0.2, 0.25) is 5.91 Å². The van der Waals surface area contributed by atoms with Gasteiger partial charge in [0.1, 0.15) is 6.54 Å². The van der Waals surface area contributed by atoms with E-state index in [-0.39, 0.29) is 10.7 Å². The molecule has 0 unspecified atom stereocenters. The van der Waals surface area contributed by atoms with Gasteiger partial charge in [-0.2, -0.15) is 0 Å². The molecule has 0 heterocycles. The van der Waals surface area contributed by atoms with Crippen molar-refractivity contribution in [2.75, 3.05) is 16.2 Å². The monoisotopic (exact) mass is 470 g/mol. The van der Waals surface area contributed by atoms with Gasteiger partial charge >= 0.3 is 0 Å². The minimum absolute atomic E-state index is 0.0199. The largest absolute Gasteiger partial charge is 0.324 e. The van der Waals surface area contributed by atoms with Crippen molar-refractivity contribution in [3.05, 3.63) is 88.4 Å². The summed E-state index contributed by atoms with van der Waals surface area (Å²) in [7, 11) is -4.05. The molecule has 0 saturated carbocycles. The fourth-order valence-corrected chi connectivity index (χ4v) is 4.62. The molecule has 0 spiro atoms. The number of nitrogens with one attached hydrogen (secondary N) is 1. The molecule has 0 aliphatic heterocycles. The molecule has 0 saturated heterocycles. The topological polar surface area (TPSA) is 83.6 Å². The maximum atomic E-state index is 13.4. The number of hydrogen-bond donors (Lipinski definition) is 1. The Kier molecular flexibility index (Phi) is 7.01. The van der Waals surface area contributed by atoms with Crippen LogP contribution in [-0.4, -0.2) is 26.7 Å². The smallest absolute Gasteiger partial charge is 0.264 e. The lowest BCUT2D eigenvalue weighted by Gasteiger charge is -2.25. The van der Waals surface area contributed by atoms with Crippen LogP contribution < -0.4 is 9.62 Å². The van der Waals surface area contributed by atoms with Crippen LogP contribution in [0.1, 0.15) is 28.4 Å². The number of sulfonamides is 1. The van der Waals surface area contributed by atoms with E-state index in [9.17, 15) is 18.0 Å². The van der Waals surface area contributed by atoms with Crippen LogP contribution in [0.2, 0.25) is 5.02 Å². The van der Waals surface area contributed by atoms with Gasteiger partial charge in [-0.15, -0.1) is 0 Å². The summed E-state index contributed by atoms with van der Waals surface area (Å²) >= 11 is 5.91. The van der Waals surface area contributed by atoms with Crippen molar-refractivity contribution in [3.63, 3.8) is 0 Å². The summed E-state index contributed by atoms with van der Waals surface area (Å²) in [6.45, 7) is 4.78. The minimum Gasteiger partial charge on any atom is -0.324 e. The normalized spacial score (nSPS) is 11.1. The summed E-state index contributed by atoms with van der Waals surface area (Å²) < 4.78 is 27.9. The van der Waals surface area contributed by atoms with Gasteiger partial charge in [0, 0.05) is 16.3 Å². The molecule has 1 amide bonds. The van der Waals surface area contributed by atoms with Gasteiger partial charge in [0.25, 0.3) is 10.0 Å². The first kappa shape index (κ1) is 23.5. The van der Waals surface area contributed by atoms with Gasteiger partial charge in [-0.05, 0) is 80.4 Å². The molecule has 32 heavy (non-hydrogen) atoms. The van der Waals surface area contributed by atoms with Crippen molar-refractivity contribution in [2.45, 2.75) is 25.7 Å². The second-order valence-corrected chi connectivity index (χ2v) is 9.72. The third-order valence-electron chi connectivity index (χ3n) is 5.02. The summed E-state index contributed by atoms with van der Waals surface area (Å²) in [4.78, 5) is 24.5. The molecular formula is C24H23ClN2O4S. The zero-order valence-corrected chi connectivity index (χ0v) is 19.5. The lowest BCUT2D eigenvalue weighted by Crippen LogP contribution is -2.38. The van der Waals surface area contributed by atoms with Gasteiger partial charge in [-0.3, -0.25) is 13.9 Å². The van der Waals surface area contributed by atoms with Gasteiger partial charge in [0.05, 0.1) is 10.6 Å². The molecule has 3 aromatic rings. The van der Waals surface area contributed by atoms with E-state index in [2.05, 4.69) is 5.32 Å². The molecule has 0 aliphatic rings. The Labute approximate surface area is 192 Å². The Morgan fingerprint density at radius 2 is 1.62 bits per heavy atom. The summed E-state index contributed by atoms with van der Waals surface area (Å²) in [6, 6.07) is 17.5. The molecule has 166 valence electrons. The molecule has 3 rings (SSSR count). The number of aryl methyl sites for hydroxylation is 2. The van der Waals surface area contributed by atoms with Crippen molar-refractivity contribution in [1.82, 2.24) is 0 Å². The number of Topliss-reactive ketones (excluding diaryl/α,β-unsaturated/α-hetero) is 1. The standard InChI is InChI=1S/C24H23ClN2O4S/c1-16-7-10-22(13-17(16)2)27(32(30,31)23-11-8-20(25)9-12-23)15-24(29)26-21-6-4-5-19(14-21)18(3)28/h4-14H,15H2,1-3H3,(H,26,29). The van der Waals surface area contributed by atoms with Crippen molar-refractivity contribution in [3.8, 4) is 0 Å². The van der Waals surface area contributed by atoms with E-state index < -0.39 is 22.5 Å². The highest BCUT2D eigenvalue weighted by Crippen LogP contribution is 2.26. The molecule has 0 fully saturated rings. The molecule has 0 atom stereocenters. The molecule has 0 radical (unpaired) electrons. The number of ketones is 1. The van der Waals surface area contributed by atoms with Crippen LogP contribution in [0.3, 0.4) is 0 Å². The van der Waals surface area contributed by atoms with Gasteiger partial charge < -0.3 is 5.32 Å². The van der Waals surface area contributed by atoms with Crippen molar-refractivity contribution < 1.29 is 18.0 Å². The number of hydrogen-bond acceptors (Lipinski definition) is 4. The SMILES string of the molecule is CC(=O)c1cccc(NC(=O)CN(c2ccc(C)c(C)c2)S(=O)(=O)c2ccc(Cl)cc2)c1. The third kappa shape index (κ3) is 5.36. The van der Waals surface area contributed by atoms with Gasteiger partial charge in [0.15, 0.2) is 5.78 Å². The number of carbonyl (C=O) groups excluding carboxylic acids is 2. The van der Waals surface area contributed by atoms with Gasteiger partial charge in [-0.25, -0.2) is 8.42 Å². The van der Waals surface area contributed by atoms with E-state index >= 15 is 0 Å². The fourth-order valence-electron chi connectivity index (χ4n) is 3.08. The molecule has 3 aromatic carbocycles. The number of benzene rings is 3. The highest BCUT2D eigenvalue weighted by atomic mass is 35.5. The maximum absolute atomic E-state index is 13.4.